The molecule has 324 valence electrons. The van der Waals surface area contributed by atoms with E-state index in [9.17, 15) is 10.1 Å². The summed E-state index contributed by atoms with van der Waals surface area (Å²) in [6.07, 6.45) is 11.6. The van der Waals surface area contributed by atoms with Crippen molar-refractivity contribution in [3.63, 3.8) is 0 Å². The summed E-state index contributed by atoms with van der Waals surface area (Å²) in [5.41, 5.74) is 13.6. The number of amides is 1. The van der Waals surface area contributed by atoms with E-state index in [1.54, 1.807) is 18.2 Å². The molecule has 0 radical (unpaired) electrons. The van der Waals surface area contributed by atoms with Gasteiger partial charge in [-0.25, -0.2) is 21.3 Å². The fourth-order valence-electron chi connectivity index (χ4n) is 10.6. The molecule has 10 atom stereocenters. The molecule has 9 unspecified atom stereocenters. The molecule has 0 aromatic heterocycles. The van der Waals surface area contributed by atoms with Gasteiger partial charge < -0.3 is 19.5 Å². The van der Waals surface area contributed by atoms with Crippen molar-refractivity contribution in [2.75, 3.05) is 13.2 Å². The lowest BCUT2D eigenvalue weighted by Crippen LogP contribution is -2.64. The predicted octanol–water partition coefficient (Wildman–Crippen LogP) is 6.03. The molecule has 0 bridgehead atoms. The van der Waals surface area contributed by atoms with Crippen LogP contribution < -0.4 is 36.4 Å². The Kier molecular flexibility index (Phi) is 13.3. The molecule has 1 amide bonds. The summed E-state index contributed by atoms with van der Waals surface area (Å²) in [6, 6.07) is 16.1. The summed E-state index contributed by atoms with van der Waals surface area (Å²) in [5.74, 6) is 2.33. The molecule has 5 aliphatic heterocycles. The molecule has 5 N–H and O–H groups in total. The molecule has 2 aromatic rings. The summed E-state index contributed by atoms with van der Waals surface area (Å²) < 4.78 is 19.1. The minimum Gasteiger partial charge on any atom is -0.490 e. The largest absolute Gasteiger partial charge is 0.490 e. The lowest BCUT2D eigenvalue weighted by atomic mass is 9.84. The van der Waals surface area contributed by atoms with Crippen molar-refractivity contribution < 1.29 is 19.0 Å². The standard InChI is InChI=1S/C45H62ClN9O4S/c1-26-27(2)60-45-41(26)42(50-38(24-39-48-21-22-57-39)43-52-51-28(3)54(43)45)29-9-14-34(15-10-29)59-40-20-19-37(53-55(40)32-7-5-4-6-8-32)44(56)49-31-12-17-33(18-13-31)58-35-16-11-30(25-47)36(46)23-35/h9-11,14-16,23,26-28,31-33,37-41,43,45,48,51-53H,4-8,12-13,17-22,24H2,1-3H3,(H,49,56)/t26?,27?,28?,31?,33?,37?,38-,39?,40?,41?,43?,45?/m0/s1. The van der Waals surface area contributed by atoms with E-state index in [0.29, 0.717) is 45.3 Å². The van der Waals surface area contributed by atoms with E-state index in [-0.39, 0.29) is 60.8 Å². The van der Waals surface area contributed by atoms with Gasteiger partial charge >= 0.3 is 0 Å². The van der Waals surface area contributed by atoms with E-state index < -0.39 is 0 Å². The first-order valence-corrected chi connectivity index (χ1v) is 23.9. The third-order valence-corrected chi connectivity index (χ3v) is 16.1. The number of rotatable bonds is 10. The number of hydrazine groups is 2. The number of carbonyl (C=O) groups is 1. The van der Waals surface area contributed by atoms with E-state index in [1.807, 2.05) is 0 Å². The second-order valence-corrected chi connectivity index (χ2v) is 19.9. The number of thioether (sulfide) groups is 1. The number of hydrogen-bond donors (Lipinski definition) is 5. The van der Waals surface area contributed by atoms with Crippen LogP contribution in [-0.4, -0.2) is 100 Å². The summed E-state index contributed by atoms with van der Waals surface area (Å²) in [7, 11) is 0. The smallest absolute Gasteiger partial charge is 0.238 e. The Labute approximate surface area is 364 Å². The monoisotopic (exact) mass is 859 g/mol. The van der Waals surface area contributed by atoms with E-state index in [2.05, 4.69) is 99.7 Å². The maximum absolute atomic E-state index is 13.8. The van der Waals surface area contributed by atoms with Crippen LogP contribution in [0, 0.1) is 23.2 Å². The lowest BCUT2D eigenvalue weighted by Gasteiger charge is -2.45. The Morgan fingerprint density at radius 3 is 2.50 bits per heavy atom. The van der Waals surface area contributed by atoms with Gasteiger partial charge in [0.2, 0.25) is 5.91 Å². The van der Waals surface area contributed by atoms with Crippen molar-refractivity contribution in [2.45, 2.75) is 164 Å². The van der Waals surface area contributed by atoms with Crippen molar-refractivity contribution in [3.8, 4) is 17.6 Å². The number of halogens is 1. The van der Waals surface area contributed by atoms with Gasteiger partial charge in [0.05, 0.1) is 47.0 Å². The molecule has 7 aliphatic rings. The number of ether oxygens (including phenoxy) is 3. The van der Waals surface area contributed by atoms with Crippen LogP contribution in [0.5, 0.6) is 11.5 Å². The molecule has 60 heavy (non-hydrogen) atoms. The highest BCUT2D eigenvalue weighted by Crippen LogP contribution is 2.49. The number of benzene rings is 2. The minimum atomic E-state index is -0.306. The maximum atomic E-state index is 13.8. The number of aliphatic imine (C=N–C) groups is 1. The van der Waals surface area contributed by atoms with Crippen molar-refractivity contribution in [1.82, 2.24) is 36.8 Å². The minimum absolute atomic E-state index is 0.00191. The number of nitriles is 1. The van der Waals surface area contributed by atoms with Gasteiger partial charge in [0, 0.05) is 54.4 Å². The van der Waals surface area contributed by atoms with Gasteiger partial charge in [-0.15, -0.1) is 11.8 Å². The molecule has 2 saturated carbocycles. The zero-order chi connectivity index (χ0) is 41.3. The topological polar surface area (TPSA) is 148 Å². The Bertz CT molecular complexity index is 1880. The van der Waals surface area contributed by atoms with Gasteiger partial charge in [-0.05, 0) is 99.7 Å². The molecule has 2 aromatic carbocycles. The predicted molar refractivity (Wildman–Crippen MR) is 234 cm³/mol. The highest BCUT2D eigenvalue weighted by atomic mass is 35.5. The summed E-state index contributed by atoms with van der Waals surface area (Å²) in [5, 5.41) is 19.6. The first-order chi connectivity index (χ1) is 29.2. The van der Waals surface area contributed by atoms with Crippen LogP contribution in [0.1, 0.15) is 109 Å². The SMILES string of the molecule is CC1SC2C(C(c3ccc(OC4CCC(C(=O)NC5CCC(Oc6ccc(C#N)c(Cl)c6)CC5)NN4C4CCCCC4)cc3)=N[C@@H](CC3NCCO3)C3NNC(C)N23)C1C. The summed E-state index contributed by atoms with van der Waals surface area (Å²) >= 11 is 8.31. The molecule has 6 fully saturated rings. The highest BCUT2D eigenvalue weighted by molar-refractivity contribution is 8.00. The van der Waals surface area contributed by atoms with Crippen molar-refractivity contribution in [3.05, 3.63) is 58.6 Å². The molecular weight excluding hydrogens is 798 g/mol. The molecule has 0 spiro atoms. The van der Waals surface area contributed by atoms with Crippen LogP contribution in [0.3, 0.4) is 0 Å². The van der Waals surface area contributed by atoms with E-state index in [0.717, 1.165) is 75.8 Å². The van der Waals surface area contributed by atoms with E-state index in [1.165, 1.54) is 25.0 Å². The molecule has 4 saturated heterocycles. The number of nitrogens with one attached hydrogen (secondary N) is 5. The van der Waals surface area contributed by atoms with Crippen LogP contribution >= 0.6 is 23.4 Å². The van der Waals surface area contributed by atoms with Crippen LogP contribution in [-0.2, 0) is 9.53 Å². The van der Waals surface area contributed by atoms with Crippen molar-refractivity contribution in [1.29, 1.82) is 5.26 Å². The van der Waals surface area contributed by atoms with Gasteiger partial charge in [0.15, 0.2) is 6.23 Å². The fraction of sp³-hybridized carbons (Fsp3) is 0.667. The third kappa shape index (κ3) is 9.08. The Morgan fingerprint density at radius 1 is 0.983 bits per heavy atom. The highest BCUT2D eigenvalue weighted by Gasteiger charge is 2.53. The molecule has 5 heterocycles. The van der Waals surface area contributed by atoms with Crippen molar-refractivity contribution >= 4 is 35.0 Å². The van der Waals surface area contributed by atoms with Gasteiger partial charge in [0.1, 0.15) is 29.8 Å². The normalized spacial score (nSPS) is 36.4. The second-order valence-electron chi connectivity index (χ2n) is 18.0. The molecular formula is C45H62ClN9O4S. The van der Waals surface area contributed by atoms with E-state index in [4.69, 9.17) is 30.8 Å². The number of fused-ring (bicyclic) bond motifs is 3. The van der Waals surface area contributed by atoms with Crippen LogP contribution in [0.2, 0.25) is 5.02 Å². The zero-order valence-electron chi connectivity index (χ0n) is 35.2. The van der Waals surface area contributed by atoms with Gasteiger partial charge in [-0.3, -0.25) is 20.0 Å². The van der Waals surface area contributed by atoms with Gasteiger partial charge in [-0.2, -0.15) is 5.26 Å². The van der Waals surface area contributed by atoms with Crippen LogP contribution in [0.4, 0.5) is 0 Å². The lowest BCUT2D eigenvalue weighted by molar-refractivity contribution is -0.136. The second kappa shape index (κ2) is 18.8. The Hall–Kier alpha value is -2.97. The Morgan fingerprint density at radius 2 is 1.77 bits per heavy atom. The van der Waals surface area contributed by atoms with E-state index >= 15 is 0 Å². The average molecular weight is 861 g/mol. The first-order valence-electron chi connectivity index (χ1n) is 22.6. The summed E-state index contributed by atoms with van der Waals surface area (Å²) in [4.78, 5) is 22.1. The van der Waals surface area contributed by atoms with Gasteiger partial charge in [0.25, 0.3) is 0 Å². The maximum Gasteiger partial charge on any atom is 0.238 e. The Balaban J connectivity index is 0.857. The quantitative estimate of drug-likeness (QED) is 0.190. The molecule has 15 heteroatoms. The number of nitrogens with zero attached hydrogens (tertiary/aromatic N) is 4. The molecule has 13 nitrogen and oxygen atoms in total. The molecule has 2 aliphatic carbocycles. The third-order valence-electron chi connectivity index (χ3n) is 14.1. The fourth-order valence-corrected chi connectivity index (χ4v) is 12.7. The van der Waals surface area contributed by atoms with Crippen LogP contribution in [0.15, 0.2) is 47.5 Å². The zero-order valence-corrected chi connectivity index (χ0v) is 36.7. The van der Waals surface area contributed by atoms with Crippen molar-refractivity contribution in [2.24, 2.45) is 16.8 Å². The average Bonchev–Trinajstić information content (AvgIpc) is 3.97. The number of carbonyl (C=O) groups excluding carboxylic acids is 1. The van der Waals surface area contributed by atoms with Crippen LogP contribution in [0.25, 0.3) is 0 Å². The molecule has 9 rings (SSSR count). The first kappa shape index (κ1) is 42.3. The number of hydrogen-bond acceptors (Lipinski definition) is 13. The van der Waals surface area contributed by atoms with Gasteiger partial charge in [-0.1, -0.05) is 44.7 Å². The summed E-state index contributed by atoms with van der Waals surface area (Å²) in [6.45, 7) is 8.63.